The molecule has 1 saturated heterocycles. The Bertz CT molecular complexity index is 489. The maximum absolute atomic E-state index is 12.8. The molecule has 0 saturated carbocycles. The Balaban J connectivity index is 2.14. The summed E-state index contributed by atoms with van der Waals surface area (Å²) in [6.45, 7) is -0.163. The van der Waals surface area contributed by atoms with Crippen molar-refractivity contribution in [2.24, 2.45) is 0 Å². The van der Waals surface area contributed by atoms with Crippen LogP contribution in [0.5, 0.6) is 0 Å². The highest BCUT2D eigenvalue weighted by atomic mass is 19.1. The van der Waals surface area contributed by atoms with Gasteiger partial charge in [0.15, 0.2) is 0 Å². The summed E-state index contributed by atoms with van der Waals surface area (Å²) in [6.07, 6.45) is 0. The van der Waals surface area contributed by atoms with Crippen LogP contribution in [0.25, 0.3) is 0 Å². The highest BCUT2D eigenvalue weighted by Gasteiger charge is 2.39. The Hall–Kier alpha value is -1.93. The number of carbonyl (C=O) groups excluding carboxylic acids is 2. The van der Waals surface area contributed by atoms with Crippen molar-refractivity contribution in [3.8, 4) is 0 Å². The van der Waals surface area contributed by atoms with Crippen molar-refractivity contribution < 1.29 is 28.4 Å². The van der Waals surface area contributed by atoms with E-state index in [1.165, 1.54) is 17.0 Å². The predicted octanol–water partition coefficient (Wildman–Crippen LogP) is -0.0817. The quantitative estimate of drug-likeness (QED) is 0.764. The molecule has 1 atom stereocenters. The SMILES string of the molecule is CN1CC(=O)OB(C(O)c2ccc(F)cc2)OC(=O)C1. The van der Waals surface area contributed by atoms with Gasteiger partial charge in [-0.2, -0.15) is 0 Å². The van der Waals surface area contributed by atoms with Crippen LogP contribution in [0.4, 0.5) is 4.39 Å². The molecule has 20 heavy (non-hydrogen) atoms. The van der Waals surface area contributed by atoms with E-state index in [1.54, 1.807) is 7.05 Å². The number of hydrogen-bond donors (Lipinski definition) is 1. The maximum Gasteiger partial charge on any atom is 0.634 e. The molecule has 1 aliphatic heterocycles. The van der Waals surface area contributed by atoms with Gasteiger partial charge in [-0.3, -0.25) is 14.5 Å². The van der Waals surface area contributed by atoms with Crippen molar-refractivity contribution in [2.75, 3.05) is 20.1 Å². The Morgan fingerprint density at radius 2 is 1.70 bits per heavy atom. The van der Waals surface area contributed by atoms with Crippen LogP contribution in [0.1, 0.15) is 11.6 Å². The molecule has 0 amide bonds. The van der Waals surface area contributed by atoms with Crippen molar-refractivity contribution in [1.82, 2.24) is 4.90 Å². The summed E-state index contributed by atoms with van der Waals surface area (Å²) in [4.78, 5) is 24.5. The molecule has 0 radical (unpaired) electrons. The highest BCUT2D eigenvalue weighted by Crippen LogP contribution is 2.19. The average Bonchev–Trinajstić information content (AvgIpc) is 2.36. The third-order valence-electron chi connectivity index (χ3n) is 2.76. The van der Waals surface area contributed by atoms with E-state index in [0.717, 1.165) is 12.1 Å². The number of aliphatic hydroxyl groups excluding tert-OH is 1. The van der Waals surface area contributed by atoms with E-state index >= 15 is 0 Å². The lowest BCUT2D eigenvalue weighted by molar-refractivity contribution is -0.146. The standard InChI is InChI=1S/C12H13BFNO5/c1-15-6-10(16)19-13(20-11(17)7-15)12(18)8-2-4-9(14)5-3-8/h2-5,12,18H,6-7H2,1H3. The molecule has 1 fully saturated rings. The normalized spacial score (nSPS) is 18.9. The fourth-order valence-corrected chi connectivity index (χ4v) is 1.80. The Morgan fingerprint density at radius 3 is 2.20 bits per heavy atom. The number of likely N-dealkylation sites (N-methyl/N-ethyl adjacent to an activating group) is 1. The largest absolute Gasteiger partial charge is 0.634 e. The van der Waals surface area contributed by atoms with Gasteiger partial charge < -0.3 is 14.4 Å². The van der Waals surface area contributed by atoms with Crippen LogP contribution in [0, 0.1) is 5.82 Å². The van der Waals surface area contributed by atoms with Gasteiger partial charge in [-0.1, -0.05) is 12.1 Å². The van der Waals surface area contributed by atoms with Crippen LogP contribution < -0.4 is 0 Å². The first-order chi connectivity index (χ1) is 9.45. The van der Waals surface area contributed by atoms with Gasteiger partial charge in [0.25, 0.3) is 0 Å². The van der Waals surface area contributed by atoms with Gasteiger partial charge in [-0.15, -0.1) is 0 Å². The molecule has 1 aromatic carbocycles. The molecular weight excluding hydrogens is 268 g/mol. The monoisotopic (exact) mass is 281 g/mol. The van der Waals surface area contributed by atoms with Crippen molar-refractivity contribution in [2.45, 2.75) is 6.00 Å². The van der Waals surface area contributed by atoms with Crippen LogP contribution in [0.2, 0.25) is 0 Å². The van der Waals surface area contributed by atoms with E-state index in [1.807, 2.05) is 0 Å². The molecular formula is C12H13BFNO5. The molecule has 1 heterocycles. The Morgan fingerprint density at radius 1 is 1.20 bits per heavy atom. The summed E-state index contributed by atoms with van der Waals surface area (Å²) in [7, 11) is 0.133. The summed E-state index contributed by atoms with van der Waals surface area (Å²) < 4.78 is 22.6. The van der Waals surface area contributed by atoms with E-state index < -0.39 is 30.9 Å². The summed E-state index contributed by atoms with van der Waals surface area (Å²) in [5.41, 5.74) is 0.283. The zero-order valence-corrected chi connectivity index (χ0v) is 10.8. The molecule has 1 N–H and O–H groups in total. The first-order valence-corrected chi connectivity index (χ1v) is 5.97. The molecule has 1 aliphatic rings. The molecule has 0 spiro atoms. The molecule has 106 valence electrons. The second-order valence-electron chi connectivity index (χ2n) is 4.52. The van der Waals surface area contributed by atoms with Gasteiger partial charge >= 0.3 is 19.1 Å². The fourth-order valence-electron chi connectivity index (χ4n) is 1.80. The second kappa shape index (κ2) is 6.02. The third kappa shape index (κ3) is 3.55. The molecule has 0 aromatic heterocycles. The minimum atomic E-state index is -1.44. The predicted molar refractivity (Wildman–Crippen MR) is 66.8 cm³/mol. The van der Waals surface area contributed by atoms with Crippen LogP contribution in [0.3, 0.4) is 0 Å². The topological polar surface area (TPSA) is 76.1 Å². The summed E-state index contributed by atoms with van der Waals surface area (Å²) >= 11 is 0. The number of benzene rings is 1. The summed E-state index contributed by atoms with van der Waals surface area (Å²) in [5, 5.41) is 10.1. The van der Waals surface area contributed by atoms with Gasteiger partial charge in [0.05, 0.1) is 13.1 Å². The number of hydrogen-bond acceptors (Lipinski definition) is 6. The fraction of sp³-hybridized carbons (Fsp3) is 0.333. The number of halogens is 1. The zero-order valence-electron chi connectivity index (χ0n) is 10.8. The number of nitrogens with zero attached hydrogens (tertiary/aromatic N) is 1. The minimum absolute atomic E-state index is 0.0816. The third-order valence-corrected chi connectivity index (χ3v) is 2.76. The summed E-state index contributed by atoms with van der Waals surface area (Å²) in [5.74, 6) is -1.70. The van der Waals surface area contributed by atoms with Crippen molar-refractivity contribution in [1.29, 1.82) is 0 Å². The van der Waals surface area contributed by atoms with E-state index in [4.69, 9.17) is 9.31 Å². The molecule has 1 unspecified atom stereocenters. The van der Waals surface area contributed by atoms with Gasteiger partial charge in [0.2, 0.25) is 0 Å². The van der Waals surface area contributed by atoms with Gasteiger partial charge in [0, 0.05) is 0 Å². The number of carbonyl (C=O) groups is 2. The highest BCUT2D eigenvalue weighted by molar-refractivity contribution is 6.50. The first-order valence-electron chi connectivity index (χ1n) is 5.97. The number of aliphatic hydroxyl groups is 1. The number of rotatable bonds is 2. The van der Waals surface area contributed by atoms with E-state index in [0.29, 0.717) is 0 Å². The molecule has 8 heteroatoms. The van der Waals surface area contributed by atoms with Gasteiger partial charge in [-0.25, -0.2) is 4.39 Å². The zero-order chi connectivity index (χ0) is 14.7. The summed E-state index contributed by atoms with van der Waals surface area (Å²) in [6, 6.07) is 3.59. The van der Waals surface area contributed by atoms with Crippen LogP contribution in [-0.4, -0.2) is 49.2 Å². The van der Waals surface area contributed by atoms with Crippen LogP contribution in [-0.2, 0) is 18.9 Å². The lowest BCUT2D eigenvalue weighted by Crippen LogP contribution is -2.45. The van der Waals surface area contributed by atoms with Crippen molar-refractivity contribution in [3.05, 3.63) is 35.6 Å². The lowest BCUT2D eigenvalue weighted by atomic mass is 9.76. The molecule has 6 nitrogen and oxygen atoms in total. The molecule has 1 aromatic rings. The van der Waals surface area contributed by atoms with E-state index in [-0.39, 0.29) is 18.7 Å². The van der Waals surface area contributed by atoms with Crippen LogP contribution >= 0.6 is 0 Å². The minimum Gasteiger partial charge on any atom is -0.496 e. The average molecular weight is 281 g/mol. The first kappa shape index (κ1) is 14.5. The van der Waals surface area contributed by atoms with Crippen molar-refractivity contribution >= 4 is 19.1 Å². The van der Waals surface area contributed by atoms with Gasteiger partial charge in [0.1, 0.15) is 11.8 Å². The molecule has 0 bridgehead atoms. The van der Waals surface area contributed by atoms with Gasteiger partial charge in [-0.05, 0) is 24.7 Å². The van der Waals surface area contributed by atoms with E-state index in [2.05, 4.69) is 0 Å². The molecule has 2 rings (SSSR count). The molecule has 0 aliphatic carbocycles. The lowest BCUT2D eigenvalue weighted by Gasteiger charge is -2.24. The maximum atomic E-state index is 12.8. The smallest absolute Gasteiger partial charge is 0.496 e. The second-order valence-corrected chi connectivity index (χ2v) is 4.52. The Kier molecular flexibility index (Phi) is 4.36. The Labute approximate surface area is 115 Å². The van der Waals surface area contributed by atoms with Crippen LogP contribution in [0.15, 0.2) is 24.3 Å². The van der Waals surface area contributed by atoms with Crippen molar-refractivity contribution in [3.63, 3.8) is 0 Å². The van der Waals surface area contributed by atoms with E-state index in [9.17, 15) is 19.1 Å².